The van der Waals surface area contributed by atoms with E-state index in [1.165, 1.54) is 134 Å². The third-order valence-corrected chi connectivity index (χ3v) is 32.6. The highest BCUT2D eigenvalue weighted by Gasteiger charge is 2.50. The molecule has 0 atom stereocenters. The van der Waals surface area contributed by atoms with Crippen LogP contribution in [0.2, 0.25) is 0 Å². The summed E-state index contributed by atoms with van der Waals surface area (Å²) in [7, 11) is -1.80. The number of rotatable bonds is 24. The lowest BCUT2D eigenvalue weighted by atomic mass is 9.49. The summed E-state index contributed by atoms with van der Waals surface area (Å²) in [5, 5.41) is 9.65. The van der Waals surface area contributed by atoms with Gasteiger partial charge in [0, 0.05) is 135 Å². The average Bonchev–Trinajstić information content (AvgIpc) is 1.66. The first-order valence-electron chi connectivity index (χ1n) is 48.9. The summed E-state index contributed by atoms with van der Waals surface area (Å²) in [4.78, 5) is 97.1. The number of carbonyl (C=O) groups excluding carboxylic acids is 5. The molecule has 25 heteroatoms. The number of hydrogen-bond acceptors (Lipinski definition) is 17. The van der Waals surface area contributed by atoms with E-state index in [2.05, 4.69) is 86.5 Å². The second-order valence-electron chi connectivity index (χ2n) is 37.6. The number of nitrogens with one attached hydrogen (secondary N) is 2. The van der Waals surface area contributed by atoms with E-state index in [0.29, 0.717) is 71.8 Å². The van der Waals surface area contributed by atoms with Crippen LogP contribution in [-0.2, 0) is 33.4 Å². The number of nitrogens with zero attached hydrogens (tertiary/aromatic N) is 9. The standard InChI is InChI=1S/C27H27N3O4.C24H34N2O3S.C23H20N2OS2.C18H19N3OS.C18H29NO/c1-34-21-12-10-20(11-13-21)28-15-17-29(18-16-28)24(31)9-4-14-30-26(32)22-7-2-5-19-6-3-8-23(25(19)22)27(30)33;27-23(25-9-8-24-15-18-12-19(16-24)14-20(13-18)17-24)21-4-6-22(7-5-21)30(28,29)26-10-2-1-3-11-26;26-22-20-18-13-7-8-14-19(18)28-21(20)24-23(25(22)17-11-5-2-6-12-17)27-15-16-9-3-1-4-10-16;22-17(15-7-3-1-4-8-15)19-18(23)21-13-11-20(12-14-21)16-9-5-2-6-10-16;1-16-9-10-18(17(2)15-16)20-14-8-7-13-19-11-5-3-4-6-12-19/h2-3,5-8,10-13H,4,9,14-18H2,1H3;4-7,18-20H,1-3,8-17H2,(H,25,27);1-6,9-12H,7-8,13-15H2;1-10H,11-14H2,(H,19,22,23);9-10,15H,3-8,11-14H2,1-2H3. The molecule has 2 aromatic heterocycles. The minimum atomic E-state index is -3.45. The van der Waals surface area contributed by atoms with Gasteiger partial charge in [0.15, 0.2) is 10.3 Å². The number of likely N-dealkylation sites (tertiary alicyclic amines) is 1. The first kappa shape index (κ1) is 97.0. The first-order valence-corrected chi connectivity index (χ1v) is 52.6. The highest BCUT2D eigenvalue weighted by molar-refractivity contribution is 7.98. The number of carbonyl (C=O) groups is 5. The van der Waals surface area contributed by atoms with Crippen molar-refractivity contribution in [2.24, 2.45) is 23.2 Å². The van der Waals surface area contributed by atoms with Gasteiger partial charge in [0.2, 0.25) is 15.9 Å². The van der Waals surface area contributed by atoms with Crippen LogP contribution in [0.25, 0.3) is 26.7 Å². The molecule has 8 fully saturated rings. The van der Waals surface area contributed by atoms with Gasteiger partial charge < -0.3 is 39.3 Å². The van der Waals surface area contributed by atoms with Crippen LogP contribution >= 0.6 is 35.3 Å². The van der Waals surface area contributed by atoms with Crippen molar-refractivity contribution in [1.82, 2.24) is 44.1 Å². The van der Waals surface area contributed by atoms with Crippen LogP contribution in [0, 0.1) is 37.0 Å². The Hall–Kier alpha value is -11.1. The normalized spacial score (nSPS) is 19.2. The Morgan fingerprint density at radius 3 is 1.73 bits per heavy atom. The lowest BCUT2D eigenvalue weighted by Gasteiger charge is -2.57. The molecule has 0 spiro atoms. The van der Waals surface area contributed by atoms with Gasteiger partial charge in [-0.3, -0.25) is 43.6 Å². The fourth-order valence-corrected chi connectivity index (χ4v) is 25.5. The highest BCUT2D eigenvalue weighted by Crippen LogP contribution is 2.61. The number of thiophene rings is 1. The van der Waals surface area contributed by atoms with Crippen molar-refractivity contribution < 1.29 is 41.9 Å². The van der Waals surface area contributed by atoms with Gasteiger partial charge in [0.25, 0.3) is 29.2 Å². The second kappa shape index (κ2) is 46.7. The first-order chi connectivity index (χ1) is 65.8. The van der Waals surface area contributed by atoms with Crippen LogP contribution in [-0.4, -0.2) is 188 Å². The molecule has 5 aliphatic heterocycles. The number of hydrogen-bond donors (Lipinski definition) is 2. The summed E-state index contributed by atoms with van der Waals surface area (Å²) in [5.74, 6) is 4.70. The minimum Gasteiger partial charge on any atom is -0.497 e. The van der Waals surface area contributed by atoms with Crippen LogP contribution in [0.15, 0.2) is 239 Å². The lowest BCUT2D eigenvalue weighted by Crippen LogP contribution is -2.52. The molecule has 21 nitrogen and oxygen atoms in total. The Morgan fingerprint density at radius 1 is 0.548 bits per heavy atom. The lowest BCUT2D eigenvalue weighted by molar-refractivity contribution is -0.131. The van der Waals surface area contributed by atoms with Gasteiger partial charge >= 0.3 is 0 Å². The van der Waals surface area contributed by atoms with Crippen LogP contribution in [0.5, 0.6) is 11.5 Å². The maximum absolute atomic E-state index is 13.6. The van der Waals surface area contributed by atoms with Crippen molar-refractivity contribution in [3.05, 3.63) is 284 Å². The Morgan fingerprint density at radius 2 is 1.11 bits per heavy atom. The Labute approximate surface area is 809 Å². The maximum Gasteiger partial charge on any atom is 0.267 e. The van der Waals surface area contributed by atoms with Crippen molar-refractivity contribution in [1.29, 1.82) is 0 Å². The number of imide groups is 1. The number of anilines is 2. The van der Waals surface area contributed by atoms with Gasteiger partial charge in [-0.25, -0.2) is 13.4 Å². The highest BCUT2D eigenvalue weighted by atomic mass is 32.2. The molecule has 7 heterocycles. The predicted molar refractivity (Wildman–Crippen MR) is 547 cm³/mol. The zero-order chi connectivity index (χ0) is 93.6. The number of aromatic nitrogens is 2. The number of benzene rings is 9. The van der Waals surface area contributed by atoms with Gasteiger partial charge in [0.1, 0.15) is 16.3 Å². The molecule has 5 aliphatic carbocycles. The number of para-hydroxylation sites is 2. The molecule has 2 N–H and O–H groups in total. The molecule has 11 aromatic rings. The van der Waals surface area contributed by atoms with E-state index in [-0.39, 0.29) is 46.5 Å². The quantitative estimate of drug-likeness (QED) is 0.0189. The molecule has 21 rings (SSSR count). The van der Waals surface area contributed by atoms with Gasteiger partial charge in [-0.1, -0.05) is 158 Å². The fourth-order valence-electron chi connectivity index (χ4n) is 21.4. The zero-order valence-corrected chi connectivity index (χ0v) is 81.7. The molecular weight excluding hydrogens is 1760 g/mol. The second-order valence-corrected chi connectivity index (χ2v) is 42.0. The Balaban J connectivity index is 0.000000124. The summed E-state index contributed by atoms with van der Waals surface area (Å²) in [5.41, 5.74) is 11.1. The molecule has 708 valence electrons. The molecule has 10 aliphatic rings. The monoisotopic (exact) mass is 1890 g/mol. The number of fused-ring (bicyclic) bond motifs is 3. The number of ether oxygens (including phenoxy) is 2. The van der Waals surface area contributed by atoms with E-state index in [0.717, 1.165) is 176 Å². The van der Waals surface area contributed by atoms with E-state index in [1.807, 2.05) is 138 Å². The van der Waals surface area contributed by atoms with Crippen LogP contribution < -0.4 is 35.5 Å². The number of piperidine rings is 1. The molecular formula is C110H129N11O10S4. The number of sulfonamides is 1. The van der Waals surface area contributed by atoms with Crippen LogP contribution in [0.3, 0.4) is 0 Å². The number of thiocarbonyl (C=S) groups is 1. The van der Waals surface area contributed by atoms with Gasteiger partial charge in [-0.05, 0) is 310 Å². The van der Waals surface area contributed by atoms with E-state index in [4.69, 9.17) is 26.7 Å². The number of amides is 5. The SMILES string of the molecule is COc1ccc(N2CCN(C(=O)CCCN3C(=O)c4cccc5cccc(c45)C3=O)CC2)cc1.Cc1ccc(OCCCCN2CCCCCC2)c(C)c1.O=C(NC(=S)N1CCN(c2ccccc2)CC1)c1ccccc1.O=C(NCCC12CC3CC(CC(C3)C1)C2)c1ccc(S(=O)(=O)N2CCCCC2)cc1.O=c1c2c3c(sc2nc(SCc2ccccc2)n1-c1ccccc1)CCCC3. The van der Waals surface area contributed by atoms with Crippen molar-refractivity contribution in [3.8, 4) is 17.2 Å². The smallest absolute Gasteiger partial charge is 0.267 e. The third-order valence-electron chi connectivity index (χ3n) is 28.2. The molecule has 4 saturated heterocycles. The van der Waals surface area contributed by atoms with Crippen LogP contribution in [0.4, 0.5) is 11.4 Å². The fraction of sp³-hybridized carbons (Fsp3) is 0.418. The van der Waals surface area contributed by atoms with E-state index in [9.17, 15) is 37.2 Å². The van der Waals surface area contributed by atoms with Crippen LogP contribution in [0.1, 0.15) is 197 Å². The van der Waals surface area contributed by atoms with Gasteiger partial charge in [-0.15, -0.1) is 11.3 Å². The largest absolute Gasteiger partial charge is 0.497 e. The average molecular weight is 1890 g/mol. The van der Waals surface area contributed by atoms with Gasteiger partial charge in [-0.2, -0.15) is 4.31 Å². The molecule has 0 radical (unpaired) electrons. The summed E-state index contributed by atoms with van der Waals surface area (Å²) in [6, 6.07) is 71.5. The Bertz CT molecular complexity index is 5950. The zero-order valence-electron chi connectivity index (χ0n) is 78.4. The topological polar surface area (TPSA) is 220 Å². The van der Waals surface area contributed by atoms with E-state index >= 15 is 0 Å². The van der Waals surface area contributed by atoms with E-state index in [1.54, 1.807) is 87.6 Å². The number of piperazine rings is 2. The Kier molecular flexibility index (Phi) is 33.5. The van der Waals surface area contributed by atoms with Crippen molar-refractivity contribution >= 4 is 112 Å². The molecule has 5 amide bonds. The minimum absolute atomic E-state index is 0.0637. The van der Waals surface area contributed by atoms with Crippen molar-refractivity contribution in [2.45, 2.75) is 171 Å². The predicted octanol–water partition coefficient (Wildman–Crippen LogP) is 20.3. The molecule has 4 bridgehead atoms. The molecule has 0 unspecified atom stereocenters. The molecule has 135 heavy (non-hydrogen) atoms. The molecule has 4 saturated carbocycles. The summed E-state index contributed by atoms with van der Waals surface area (Å²) >= 11 is 8.73. The van der Waals surface area contributed by atoms with Crippen molar-refractivity contribution in [2.75, 3.05) is 122 Å². The third kappa shape index (κ3) is 24.9. The number of aryl methyl sites for hydroxylation is 4. The number of thioether (sulfide) groups is 1. The number of unbranched alkanes of at least 4 members (excludes halogenated alkanes) is 1. The van der Waals surface area contributed by atoms with Gasteiger partial charge in [0.05, 0.1) is 29.7 Å². The number of methoxy groups -OCH3 is 1. The van der Waals surface area contributed by atoms with E-state index < -0.39 is 10.0 Å². The summed E-state index contributed by atoms with van der Waals surface area (Å²) in [6.45, 7) is 17.3. The summed E-state index contributed by atoms with van der Waals surface area (Å²) in [6.07, 6.45) is 25.7. The van der Waals surface area contributed by atoms with Crippen molar-refractivity contribution in [3.63, 3.8) is 0 Å². The maximum atomic E-state index is 13.6. The summed E-state index contributed by atoms with van der Waals surface area (Å²) < 4.78 is 40.0. The molecule has 9 aromatic carbocycles.